The van der Waals surface area contributed by atoms with Crippen LogP contribution in [0.4, 0.5) is 0 Å². The highest BCUT2D eigenvalue weighted by molar-refractivity contribution is 5.87. The summed E-state index contributed by atoms with van der Waals surface area (Å²) in [5, 5.41) is 0. The summed E-state index contributed by atoms with van der Waals surface area (Å²) < 4.78 is 10.6. The van der Waals surface area contributed by atoms with E-state index in [1.807, 2.05) is 0 Å². The Morgan fingerprint density at radius 3 is 3.12 bits per heavy atom. The van der Waals surface area contributed by atoms with E-state index in [4.69, 9.17) is 9.47 Å². The molecule has 1 saturated heterocycles. The summed E-state index contributed by atoms with van der Waals surface area (Å²) >= 11 is 0. The number of esters is 1. The number of hydrogen-bond donors (Lipinski definition) is 0. The molecule has 1 aromatic rings. The van der Waals surface area contributed by atoms with Gasteiger partial charge < -0.3 is 9.47 Å². The van der Waals surface area contributed by atoms with Crippen LogP contribution < -0.4 is 0 Å². The zero-order chi connectivity index (χ0) is 11.2. The van der Waals surface area contributed by atoms with Gasteiger partial charge >= 0.3 is 5.97 Å². The monoisotopic (exact) mass is 221 g/mol. The molecule has 1 aromatic heterocycles. The first-order valence-electron chi connectivity index (χ1n) is 5.56. The highest BCUT2D eigenvalue weighted by atomic mass is 16.6. The van der Waals surface area contributed by atoms with E-state index in [0.29, 0.717) is 12.3 Å². The van der Waals surface area contributed by atoms with Gasteiger partial charge in [-0.15, -0.1) is 0 Å². The van der Waals surface area contributed by atoms with Crippen LogP contribution in [0.3, 0.4) is 0 Å². The lowest BCUT2D eigenvalue weighted by Crippen LogP contribution is -2.26. The van der Waals surface area contributed by atoms with Crippen molar-refractivity contribution >= 4 is 5.97 Å². The van der Waals surface area contributed by atoms with Crippen LogP contribution in [0, 0.1) is 0 Å². The lowest BCUT2D eigenvalue weighted by Gasteiger charge is -2.21. The molecule has 0 N–H and O–H groups in total. The Labute approximate surface area is 94.6 Å². The van der Waals surface area contributed by atoms with Gasteiger partial charge in [0.2, 0.25) is 0 Å². The van der Waals surface area contributed by atoms with Gasteiger partial charge in [-0.25, -0.2) is 9.78 Å². The fraction of sp³-hybridized carbons (Fsp3) is 0.500. The second-order valence-corrected chi connectivity index (χ2v) is 3.80. The van der Waals surface area contributed by atoms with Crippen molar-refractivity contribution in [3.8, 4) is 0 Å². The van der Waals surface area contributed by atoms with E-state index < -0.39 is 0 Å². The molecular formula is C12H15NO3. The van der Waals surface area contributed by atoms with Crippen LogP contribution in [-0.2, 0) is 9.47 Å². The smallest absolute Gasteiger partial charge is 0.357 e. The summed E-state index contributed by atoms with van der Waals surface area (Å²) in [6.45, 7) is 1.10. The average Bonchev–Trinajstić information content (AvgIpc) is 2.38. The Morgan fingerprint density at radius 1 is 1.50 bits per heavy atom. The molecule has 0 saturated carbocycles. The Bertz CT molecular complexity index is 333. The van der Waals surface area contributed by atoms with Gasteiger partial charge in [0.25, 0.3) is 0 Å². The predicted molar refractivity (Wildman–Crippen MR) is 58.1 cm³/mol. The molecule has 16 heavy (non-hydrogen) atoms. The number of carbonyl (C=O) groups is 1. The van der Waals surface area contributed by atoms with Gasteiger partial charge in [-0.2, -0.15) is 0 Å². The van der Waals surface area contributed by atoms with Crippen molar-refractivity contribution in [1.29, 1.82) is 0 Å². The van der Waals surface area contributed by atoms with Crippen molar-refractivity contribution < 1.29 is 14.3 Å². The molecule has 4 heteroatoms. The molecule has 0 spiro atoms. The maximum absolute atomic E-state index is 11.5. The summed E-state index contributed by atoms with van der Waals surface area (Å²) in [4.78, 5) is 15.5. The van der Waals surface area contributed by atoms with Crippen molar-refractivity contribution in [1.82, 2.24) is 4.98 Å². The van der Waals surface area contributed by atoms with E-state index in [1.165, 1.54) is 0 Å². The van der Waals surface area contributed by atoms with E-state index in [9.17, 15) is 4.79 Å². The second kappa shape index (κ2) is 5.61. The van der Waals surface area contributed by atoms with Gasteiger partial charge in [0.1, 0.15) is 12.3 Å². The molecule has 86 valence electrons. The Morgan fingerprint density at radius 2 is 2.44 bits per heavy atom. The maximum Gasteiger partial charge on any atom is 0.357 e. The molecular weight excluding hydrogens is 206 g/mol. The minimum atomic E-state index is -0.380. The summed E-state index contributed by atoms with van der Waals surface area (Å²) in [5.41, 5.74) is 0.346. The summed E-state index contributed by atoms with van der Waals surface area (Å²) in [5.74, 6) is -0.380. The fourth-order valence-corrected chi connectivity index (χ4v) is 1.66. The third-order valence-electron chi connectivity index (χ3n) is 2.55. The standard InChI is InChI=1S/C12H15NO3/c14-12(11-6-1-3-7-13-11)16-9-10-5-2-4-8-15-10/h1,3,6-7,10H,2,4-5,8-9H2. The first-order chi connectivity index (χ1) is 7.86. The lowest BCUT2D eigenvalue weighted by molar-refractivity contribution is -0.0302. The van der Waals surface area contributed by atoms with Crippen LogP contribution in [0.5, 0.6) is 0 Å². The molecule has 0 radical (unpaired) electrons. The number of ether oxygens (including phenoxy) is 2. The highest BCUT2D eigenvalue weighted by Gasteiger charge is 2.16. The van der Waals surface area contributed by atoms with Crippen molar-refractivity contribution in [3.63, 3.8) is 0 Å². The molecule has 0 bridgehead atoms. The lowest BCUT2D eigenvalue weighted by atomic mass is 10.1. The zero-order valence-corrected chi connectivity index (χ0v) is 9.09. The number of aromatic nitrogens is 1. The third kappa shape index (κ3) is 3.03. The molecule has 4 nitrogen and oxygen atoms in total. The Balaban J connectivity index is 1.79. The molecule has 1 unspecified atom stereocenters. The zero-order valence-electron chi connectivity index (χ0n) is 9.09. The van der Waals surface area contributed by atoms with Crippen molar-refractivity contribution in [2.75, 3.05) is 13.2 Å². The van der Waals surface area contributed by atoms with E-state index in [-0.39, 0.29) is 12.1 Å². The molecule has 1 aliphatic rings. The largest absolute Gasteiger partial charge is 0.458 e. The predicted octanol–water partition coefficient (Wildman–Crippen LogP) is 1.81. The van der Waals surface area contributed by atoms with Crippen LogP contribution >= 0.6 is 0 Å². The normalized spacial score (nSPS) is 20.4. The summed E-state index contributed by atoms with van der Waals surface area (Å²) in [6, 6.07) is 5.17. The van der Waals surface area contributed by atoms with E-state index in [0.717, 1.165) is 25.9 Å². The minimum absolute atomic E-state index is 0.0569. The molecule has 0 amide bonds. The van der Waals surface area contributed by atoms with Gasteiger partial charge in [0, 0.05) is 12.8 Å². The number of hydrogen-bond acceptors (Lipinski definition) is 4. The van der Waals surface area contributed by atoms with Crippen molar-refractivity contribution in [3.05, 3.63) is 30.1 Å². The fourth-order valence-electron chi connectivity index (χ4n) is 1.66. The maximum atomic E-state index is 11.5. The van der Waals surface area contributed by atoms with Gasteiger partial charge in [-0.3, -0.25) is 0 Å². The summed E-state index contributed by atoms with van der Waals surface area (Å²) in [6.07, 6.45) is 4.85. The van der Waals surface area contributed by atoms with E-state index in [1.54, 1.807) is 24.4 Å². The molecule has 2 heterocycles. The average molecular weight is 221 g/mol. The summed E-state index contributed by atoms with van der Waals surface area (Å²) in [7, 11) is 0. The molecule has 1 fully saturated rings. The minimum Gasteiger partial charge on any atom is -0.458 e. The van der Waals surface area contributed by atoms with Crippen LogP contribution in [0.25, 0.3) is 0 Å². The van der Waals surface area contributed by atoms with Crippen molar-refractivity contribution in [2.45, 2.75) is 25.4 Å². The number of carbonyl (C=O) groups excluding carboxylic acids is 1. The topological polar surface area (TPSA) is 48.4 Å². The Kier molecular flexibility index (Phi) is 3.88. The number of rotatable bonds is 3. The third-order valence-corrected chi connectivity index (χ3v) is 2.55. The molecule has 1 atom stereocenters. The quantitative estimate of drug-likeness (QED) is 0.730. The number of nitrogens with zero attached hydrogens (tertiary/aromatic N) is 1. The van der Waals surface area contributed by atoms with Crippen LogP contribution in [0.1, 0.15) is 29.8 Å². The molecule has 0 aromatic carbocycles. The van der Waals surface area contributed by atoms with E-state index in [2.05, 4.69) is 4.98 Å². The number of pyridine rings is 1. The van der Waals surface area contributed by atoms with Gasteiger partial charge in [-0.05, 0) is 31.4 Å². The Hall–Kier alpha value is -1.42. The molecule has 1 aliphatic heterocycles. The highest BCUT2D eigenvalue weighted by Crippen LogP contribution is 2.13. The SMILES string of the molecule is O=C(OCC1CCCCO1)c1ccccn1. The van der Waals surface area contributed by atoms with Gasteiger partial charge in [0.05, 0.1) is 6.10 Å². The van der Waals surface area contributed by atoms with Crippen LogP contribution in [-0.4, -0.2) is 30.3 Å². The molecule has 2 rings (SSSR count). The first-order valence-corrected chi connectivity index (χ1v) is 5.56. The van der Waals surface area contributed by atoms with Crippen LogP contribution in [0.2, 0.25) is 0 Å². The van der Waals surface area contributed by atoms with Gasteiger partial charge in [0.15, 0.2) is 0 Å². The van der Waals surface area contributed by atoms with E-state index >= 15 is 0 Å². The molecule has 0 aliphatic carbocycles. The first kappa shape index (κ1) is 11.1. The van der Waals surface area contributed by atoms with Crippen molar-refractivity contribution in [2.24, 2.45) is 0 Å². The second-order valence-electron chi connectivity index (χ2n) is 3.80. The van der Waals surface area contributed by atoms with Gasteiger partial charge in [-0.1, -0.05) is 6.07 Å². The van der Waals surface area contributed by atoms with Crippen LogP contribution in [0.15, 0.2) is 24.4 Å².